The molecule has 1 atom stereocenters. The fourth-order valence-corrected chi connectivity index (χ4v) is 6.13. The van der Waals surface area contributed by atoms with Gasteiger partial charge in [0.25, 0.3) is 5.91 Å². The second-order valence-corrected chi connectivity index (χ2v) is 13.7. The molecule has 274 valence electrons. The summed E-state index contributed by atoms with van der Waals surface area (Å²) in [5.41, 5.74) is 3.09. The zero-order valence-electron chi connectivity index (χ0n) is 28.7. The number of imidazole rings is 1. The highest BCUT2D eigenvalue weighted by Crippen LogP contribution is 2.41. The first-order chi connectivity index (χ1) is 24.6. The van der Waals surface area contributed by atoms with E-state index in [1.165, 1.54) is 0 Å². The highest BCUT2D eigenvalue weighted by Gasteiger charge is 2.38. The van der Waals surface area contributed by atoms with Crippen molar-refractivity contribution in [2.24, 2.45) is 5.41 Å². The van der Waals surface area contributed by atoms with Gasteiger partial charge < -0.3 is 29.6 Å². The van der Waals surface area contributed by atoms with Gasteiger partial charge in [0.15, 0.2) is 5.82 Å². The van der Waals surface area contributed by atoms with E-state index in [0.717, 1.165) is 26.9 Å². The van der Waals surface area contributed by atoms with Crippen LogP contribution >= 0.6 is 11.3 Å². The Balaban J connectivity index is 0.000000679. The van der Waals surface area contributed by atoms with Crippen molar-refractivity contribution < 1.29 is 41.9 Å². The number of rotatable bonds is 10. The standard InChI is InChI=1S/C32H34N8O4S.C2HF3O2/c1-32(2,3)26(15-28(41)34-17-29-37-27(39-44-29)14-20-7-6-10-45-20)40-24-12-18(31(42)33-4)8-9-22(24)36-30(40)19-11-23-21(16-35-38-23)25(13-19)43-5;3-2(4,5)1(6)7/h6-13,16,26H,14-15,17H2,1-5H3,(H,33,42)(H,34,41)(H,35,38);(H,6,7)/t26-;/m0./s1. The zero-order chi connectivity index (χ0) is 37.8. The number of alkyl halides is 3. The zero-order valence-corrected chi connectivity index (χ0v) is 29.5. The number of hydrogen-bond donors (Lipinski definition) is 4. The normalized spacial score (nSPS) is 12.3. The topological polar surface area (TPSA) is 190 Å². The maximum Gasteiger partial charge on any atom is 0.490 e. The molecule has 0 unspecified atom stereocenters. The molecule has 0 saturated heterocycles. The molecular weight excluding hydrogens is 705 g/mol. The quantitative estimate of drug-likeness (QED) is 0.131. The Bertz CT molecular complexity index is 2200. The van der Waals surface area contributed by atoms with Gasteiger partial charge in [-0.25, -0.2) is 9.78 Å². The lowest BCUT2D eigenvalue weighted by atomic mass is 9.84. The minimum Gasteiger partial charge on any atom is -0.496 e. The molecule has 52 heavy (non-hydrogen) atoms. The van der Waals surface area contributed by atoms with E-state index < -0.39 is 17.6 Å². The third-order valence-electron chi connectivity index (χ3n) is 7.97. The Labute approximate surface area is 298 Å². The third-order valence-corrected chi connectivity index (χ3v) is 8.85. The van der Waals surface area contributed by atoms with E-state index in [1.54, 1.807) is 37.8 Å². The van der Waals surface area contributed by atoms with Gasteiger partial charge in [-0.15, -0.1) is 11.3 Å². The second-order valence-electron chi connectivity index (χ2n) is 12.6. The molecule has 4 aromatic heterocycles. The molecule has 6 rings (SSSR count). The van der Waals surface area contributed by atoms with Gasteiger partial charge in [-0.2, -0.15) is 23.3 Å². The Morgan fingerprint density at radius 1 is 1.12 bits per heavy atom. The summed E-state index contributed by atoms with van der Waals surface area (Å²) in [5.74, 6) is -0.973. The number of carbonyl (C=O) groups excluding carboxylic acids is 2. The van der Waals surface area contributed by atoms with Crippen molar-refractivity contribution in [3.8, 4) is 17.1 Å². The second kappa shape index (κ2) is 15.2. The SMILES string of the molecule is CNC(=O)c1ccc2nc(-c3cc(OC)c4cn[nH]c4c3)n([C@@H](CC(=O)NCc3nc(Cc4cccs4)no3)C(C)(C)C)c2c1.O=C(O)C(F)(F)F. The molecule has 0 aliphatic carbocycles. The summed E-state index contributed by atoms with van der Waals surface area (Å²) < 4.78 is 44.9. The molecule has 14 nitrogen and oxygen atoms in total. The summed E-state index contributed by atoms with van der Waals surface area (Å²) in [6.07, 6.45) is -2.66. The summed E-state index contributed by atoms with van der Waals surface area (Å²) in [6.45, 7) is 6.35. The van der Waals surface area contributed by atoms with Gasteiger partial charge in [-0.05, 0) is 47.2 Å². The van der Waals surface area contributed by atoms with Gasteiger partial charge in [0.2, 0.25) is 11.8 Å². The van der Waals surface area contributed by atoms with E-state index in [9.17, 15) is 22.8 Å². The Morgan fingerprint density at radius 3 is 2.50 bits per heavy atom. The number of aromatic nitrogens is 6. The maximum absolute atomic E-state index is 13.5. The molecule has 4 heterocycles. The van der Waals surface area contributed by atoms with E-state index in [4.69, 9.17) is 24.1 Å². The first kappa shape index (κ1) is 37.5. The van der Waals surface area contributed by atoms with Crippen molar-refractivity contribution in [3.05, 3.63) is 76.2 Å². The third kappa shape index (κ3) is 8.56. The molecule has 6 aromatic rings. The van der Waals surface area contributed by atoms with Crippen LogP contribution < -0.4 is 15.4 Å². The molecular formula is C34H35F3N8O6S. The van der Waals surface area contributed by atoms with E-state index in [-0.39, 0.29) is 30.8 Å². The van der Waals surface area contributed by atoms with E-state index in [1.807, 2.05) is 41.8 Å². The molecule has 18 heteroatoms. The fourth-order valence-electron chi connectivity index (χ4n) is 5.42. The largest absolute Gasteiger partial charge is 0.496 e. The lowest BCUT2D eigenvalue weighted by Gasteiger charge is -2.33. The van der Waals surface area contributed by atoms with Crippen LogP contribution in [0.25, 0.3) is 33.3 Å². The lowest BCUT2D eigenvalue weighted by Crippen LogP contribution is -2.32. The van der Waals surface area contributed by atoms with Crippen molar-refractivity contribution in [1.82, 2.24) is 40.5 Å². The van der Waals surface area contributed by atoms with Crippen LogP contribution in [0.2, 0.25) is 0 Å². The molecule has 0 spiro atoms. The molecule has 4 N–H and O–H groups in total. The van der Waals surface area contributed by atoms with Crippen LogP contribution in [0.15, 0.2) is 58.6 Å². The maximum atomic E-state index is 13.5. The predicted octanol–water partition coefficient (Wildman–Crippen LogP) is 5.91. The fraction of sp³-hybridized carbons (Fsp3) is 0.324. The van der Waals surface area contributed by atoms with Gasteiger partial charge in [0, 0.05) is 41.9 Å². The van der Waals surface area contributed by atoms with Crippen LogP contribution in [-0.2, 0) is 22.6 Å². The van der Waals surface area contributed by atoms with Crippen LogP contribution in [-0.4, -0.2) is 73.1 Å². The number of nitrogens with one attached hydrogen (secondary N) is 3. The van der Waals surface area contributed by atoms with Crippen LogP contribution in [0.1, 0.15) is 60.2 Å². The first-order valence-corrected chi connectivity index (χ1v) is 16.6. The number of carboxylic acid groups (broad SMARTS) is 1. The minimum absolute atomic E-state index is 0.110. The van der Waals surface area contributed by atoms with Crippen LogP contribution in [0, 0.1) is 5.41 Å². The van der Waals surface area contributed by atoms with Crippen molar-refractivity contribution >= 4 is 51.1 Å². The molecule has 0 saturated carbocycles. The number of hydrogen-bond acceptors (Lipinski definition) is 10. The van der Waals surface area contributed by atoms with Gasteiger partial charge in [-0.3, -0.25) is 14.7 Å². The summed E-state index contributed by atoms with van der Waals surface area (Å²) in [6, 6.07) is 12.9. The average molecular weight is 741 g/mol. The van der Waals surface area contributed by atoms with Crippen molar-refractivity contribution in [2.75, 3.05) is 14.2 Å². The monoisotopic (exact) mass is 740 g/mol. The number of fused-ring (bicyclic) bond motifs is 2. The molecule has 0 aliphatic heterocycles. The Hall–Kier alpha value is -5.78. The number of ether oxygens (including phenoxy) is 1. The number of carbonyl (C=O) groups is 3. The highest BCUT2D eigenvalue weighted by molar-refractivity contribution is 7.09. The summed E-state index contributed by atoms with van der Waals surface area (Å²) in [5, 5.41) is 26.9. The highest BCUT2D eigenvalue weighted by atomic mass is 32.1. The molecule has 0 radical (unpaired) electrons. The van der Waals surface area contributed by atoms with Crippen LogP contribution in [0.3, 0.4) is 0 Å². The molecule has 0 aliphatic rings. The number of carboxylic acids is 1. The van der Waals surface area contributed by atoms with Crippen molar-refractivity contribution in [3.63, 3.8) is 0 Å². The Kier molecular flexibility index (Phi) is 11.0. The Morgan fingerprint density at radius 2 is 1.87 bits per heavy atom. The van der Waals surface area contributed by atoms with E-state index in [0.29, 0.717) is 40.8 Å². The summed E-state index contributed by atoms with van der Waals surface area (Å²) in [7, 11) is 3.21. The van der Waals surface area contributed by atoms with Gasteiger partial charge >= 0.3 is 12.1 Å². The number of methoxy groups -OCH3 is 1. The number of nitrogens with zero attached hydrogens (tertiary/aromatic N) is 5. The number of thiophene rings is 1. The predicted molar refractivity (Wildman–Crippen MR) is 185 cm³/mol. The smallest absolute Gasteiger partial charge is 0.490 e. The van der Waals surface area contributed by atoms with Gasteiger partial charge in [-0.1, -0.05) is 32.0 Å². The molecule has 0 fully saturated rings. The van der Waals surface area contributed by atoms with E-state index >= 15 is 0 Å². The summed E-state index contributed by atoms with van der Waals surface area (Å²) >= 11 is 1.63. The van der Waals surface area contributed by atoms with Crippen LogP contribution in [0.4, 0.5) is 13.2 Å². The van der Waals surface area contributed by atoms with Gasteiger partial charge in [0.1, 0.15) is 11.6 Å². The van der Waals surface area contributed by atoms with Crippen molar-refractivity contribution in [2.45, 2.75) is 52.4 Å². The molecule has 0 bridgehead atoms. The number of amides is 2. The van der Waals surface area contributed by atoms with Gasteiger partial charge in [0.05, 0.1) is 41.8 Å². The molecule has 2 aromatic carbocycles. The number of halogens is 3. The average Bonchev–Trinajstić information content (AvgIpc) is 3.92. The number of H-pyrrole nitrogens is 1. The number of aromatic amines is 1. The summed E-state index contributed by atoms with van der Waals surface area (Å²) in [4.78, 5) is 45.7. The first-order valence-electron chi connectivity index (χ1n) is 15.7. The van der Waals surface area contributed by atoms with Crippen LogP contribution in [0.5, 0.6) is 5.75 Å². The minimum atomic E-state index is -5.08. The number of benzene rings is 2. The van der Waals surface area contributed by atoms with E-state index in [2.05, 4.69) is 56.3 Å². The van der Waals surface area contributed by atoms with Crippen molar-refractivity contribution in [1.29, 1.82) is 0 Å². The number of aliphatic carboxylic acids is 1. The molecule has 2 amide bonds. The lowest BCUT2D eigenvalue weighted by molar-refractivity contribution is -0.192.